The van der Waals surface area contributed by atoms with Crippen molar-refractivity contribution in [2.45, 2.75) is 85.8 Å². The van der Waals surface area contributed by atoms with E-state index < -0.39 is 5.60 Å². The van der Waals surface area contributed by atoms with Gasteiger partial charge in [-0.15, -0.1) is 0 Å². The van der Waals surface area contributed by atoms with Crippen LogP contribution in [0.4, 0.5) is 0 Å². The van der Waals surface area contributed by atoms with Gasteiger partial charge in [-0.2, -0.15) is 0 Å². The molecular formula is C22H37NO. The molecule has 2 nitrogen and oxygen atoms in total. The number of fused-ring (bicyclic) bond motifs is 1. The van der Waals surface area contributed by atoms with Gasteiger partial charge in [-0.25, -0.2) is 0 Å². The average molecular weight is 332 g/mol. The van der Waals surface area contributed by atoms with Crippen LogP contribution in [0.15, 0.2) is 12.1 Å². The first-order valence-electron chi connectivity index (χ1n) is 9.64. The smallest absolute Gasteiger partial charge is 0.0639 e. The molecule has 1 aliphatic carbocycles. The Kier molecular flexibility index (Phi) is 6.14. The molecule has 0 bridgehead atoms. The molecular weight excluding hydrogens is 294 g/mol. The van der Waals surface area contributed by atoms with Crippen molar-refractivity contribution in [3.05, 3.63) is 34.4 Å². The topological polar surface area (TPSA) is 23.2 Å². The summed E-state index contributed by atoms with van der Waals surface area (Å²) in [5.41, 5.74) is 5.81. The van der Waals surface area contributed by atoms with Crippen molar-refractivity contribution in [2.75, 3.05) is 13.1 Å². The fraction of sp³-hybridized carbons (Fsp3) is 0.727. The largest absolute Gasteiger partial charge is 0.390 e. The van der Waals surface area contributed by atoms with Crippen LogP contribution in [0.3, 0.4) is 0 Å². The fourth-order valence-corrected chi connectivity index (χ4v) is 2.92. The van der Waals surface area contributed by atoms with Crippen molar-refractivity contribution < 1.29 is 5.11 Å². The third-order valence-corrected chi connectivity index (χ3v) is 5.78. The Morgan fingerprint density at radius 2 is 1.54 bits per heavy atom. The van der Waals surface area contributed by atoms with E-state index in [1.807, 2.05) is 34.6 Å². The van der Waals surface area contributed by atoms with Crippen LogP contribution in [0.2, 0.25) is 0 Å². The first-order chi connectivity index (χ1) is 11.1. The summed E-state index contributed by atoms with van der Waals surface area (Å²) in [5, 5.41) is 9.35. The lowest BCUT2D eigenvalue weighted by Crippen LogP contribution is -2.35. The molecule has 0 radical (unpaired) electrons. The summed E-state index contributed by atoms with van der Waals surface area (Å²) < 4.78 is 0. The standard InChI is InChI=1S/C15H21N.C7H16O/c1-12-9-13(11-16-7-8-16)10-14-5-3-2-4-6-15(12)14;1-6(2,3)7(4,5)8/h9-10H,2-8,11H2,1H3;8H,1-5H3. The van der Waals surface area contributed by atoms with Crippen molar-refractivity contribution in [3.63, 3.8) is 0 Å². The van der Waals surface area contributed by atoms with Crippen LogP contribution in [0.5, 0.6) is 0 Å². The highest BCUT2D eigenvalue weighted by Crippen LogP contribution is 2.28. The van der Waals surface area contributed by atoms with Crippen molar-refractivity contribution in [1.29, 1.82) is 0 Å². The Labute approximate surface area is 149 Å². The number of benzene rings is 1. The Balaban J connectivity index is 0.000000224. The molecule has 0 atom stereocenters. The first kappa shape index (κ1) is 19.5. The van der Waals surface area contributed by atoms with E-state index in [2.05, 4.69) is 24.0 Å². The highest BCUT2D eigenvalue weighted by Gasteiger charge is 2.29. The minimum atomic E-state index is -0.562. The lowest BCUT2D eigenvalue weighted by molar-refractivity contribution is -0.0238. The summed E-state index contributed by atoms with van der Waals surface area (Å²) in [6.07, 6.45) is 6.81. The van der Waals surface area contributed by atoms with Crippen LogP contribution in [0.25, 0.3) is 0 Å². The molecule has 1 saturated heterocycles. The monoisotopic (exact) mass is 331 g/mol. The lowest BCUT2D eigenvalue weighted by atomic mass is 9.79. The normalized spacial score (nSPS) is 18.3. The average Bonchev–Trinajstić information content (AvgIpc) is 3.24. The molecule has 1 heterocycles. The Hall–Kier alpha value is -0.860. The number of aryl methyl sites for hydroxylation is 2. The van der Waals surface area contributed by atoms with Gasteiger partial charge >= 0.3 is 0 Å². The number of rotatable bonds is 2. The van der Waals surface area contributed by atoms with Crippen LogP contribution in [0.1, 0.15) is 76.1 Å². The third-order valence-electron chi connectivity index (χ3n) is 5.78. The van der Waals surface area contributed by atoms with Gasteiger partial charge in [0.2, 0.25) is 0 Å². The van der Waals surface area contributed by atoms with Crippen LogP contribution >= 0.6 is 0 Å². The summed E-state index contributed by atoms with van der Waals surface area (Å²) in [5.74, 6) is 0. The van der Waals surface area contributed by atoms with E-state index in [1.54, 1.807) is 11.1 Å². The van der Waals surface area contributed by atoms with Gasteiger partial charge in [0.25, 0.3) is 0 Å². The second-order valence-electron chi connectivity index (χ2n) is 9.20. The Bertz CT molecular complexity index is 532. The van der Waals surface area contributed by atoms with E-state index in [1.165, 1.54) is 62.9 Å². The zero-order chi connectivity index (χ0) is 18.0. The molecule has 0 spiro atoms. The zero-order valence-electron chi connectivity index (χ0n) is 16.7. The molecule has 136 valence electrons. The number of hydrogen-bond acceptors (Lipinski definition) is 2. The van der Waals surface area contributed by atoms with E-state index in [-0.39, 0.29) is 5.41 Å². The van der Waals surface area contributed by atoms with Gasteiger partial charge < -0.3 is 5.11 Å². The van der Waals surface area contributed by atoms with E-state index in [9.17, 15) is 5.11 Å². The van der Waals surface area contributed by atoms with Crippen LogP contribution in [0, 0.1) is 12.3 Å². The molecule has 1 aromatic rings. The van der Waals surface area contributed by atoms with Crippen LogP contribution in [-0.4, -0.2) is 28.7 Å². The molecule has 3 rings (SSSR count). The van der Waals surface area contributed by atoms with Crippen LogP contribution in [-0.2, 0) is 19.4 Å². The van der Waals surface area contributed by atoms with Gasteiger partial charge in [-0.3, -0.25) is 4.90 Å². The first-order valence-corrected chi connectivity index (χ1v) is 9.64. The summed E-state index contributed by atoms with van der Waals surface area (Å²) in [6.45, 7) is 15.8. The lowest BCUT2D eigenvalue weighted by Gasteiger charge is -2.33. The second-order valence-corrected chi connectivity index (χ2v) is 9.20. The summed E-state index contributed by atoms with van der Waals surface area (Å²) in [4.78, 5) is 2.50. The van der Waals surface area contributed by atoms with Gasteiger partial charge in [0.15, 0.2) is 0 Å². The minimum absolute atomic E-state index is 0.00694. The van der Waals surface area contributed by atoms with Crippen molar-refractivity contribution in [2.24, 2.45) is 5.41 Å². The predicted molar refractivity (Wildman–Crippen MR) is 103 cm³/mol. The van der Waals surface area contributed by atoms with Crippen molar-refractivity contribution in [1.82, 2.24) is 4.90 Å². The molecule has 0 saturated carbocycles. The number of hydrogen-bond donors (Lipinski definition) is 1. The van der Waals surface area contributed by atoms with Crippen molar-refractivity contribution >= 4 is 0 Å². The van der Waals surface area contributed by atoms with E-state index in [0.717, 1.165) is 0 Å². The van der Waals surface area contributed by atoms with E-state index in [4.69, 9.17) is 0 Å². The molecule has 0 unspecified atom stereocenters. The fourth-order valence-electron chi connectivity index (χ4n) is 2.92. The van der Waals surface area contributed by atoms with Gasteiger partial charge in [0.05, 0.1) is 5.60 Å². The molecule has 1 aromatic carbocycles. The van der Waals surface area contributed by atoms with Gasteiger partial charge in [-0.05, 0) is 74.1 Å². The maximum absolute atomic E-state index is 9.35. The summed E-state index contributed by atoms with van der Waals surface area (Å²) >= 11 is 0. The summed E-state index contributed by atoms with van der Waals surface area (Å²) in [7, 11) is 0. The number of aliphatic hydroxyl groups is 1. The SMILES string of the molecule is CC(C)(C)C(C)(C)O.Cc1cc(CN2CC2)cc2c1CCCCC2. The molecule has 0 aromatic heterocycles. The van der Waals surface area contributed by atoms with Crippen molar-refractivity contribution in [3.8, 4) is 0 Å². The minimum Gasteiger partial charge on any atom is -0.390 e. The van der Waals surface area contributed by atoms with E-state index in [0.29, 0.717) is 0 Å². The van der Waals surface area contributed by atoms with Gasteiger partial charge in [-0.1, -0.05) is 39.3 Å². The molecule has 2 heteroatoms. The molecule has 1 fully saturated rings. The Morgan fingerprint density at radius 1 is 0.958 bits per heavy atom. The van der Waals surface area contributed by atoms with Gasteiger partial charge in [0.1, 0.15) is 0 Å². The Morgan fingerprint density at radius 3 is 2.08 bits per heavy atom. The molecule has 1 N–H and O–H groups in total. The summed E-state index contributed by atoms with van der Waals surface area (Å²) in [6, 6.07) is 4.90. The second kappa shape index (κ2) is 7.58. The zero-order valence-corrected chi connectivity index (χ0v) is 16.7. The molecule has 2 aliphatic rings. The molecule has 0 amide bonds. The maximum atomic E-state index is 9.35. The van der Waals surface area contributed by atoms with E-state index >= 15 is 0 Å². The van der Waals surface area contributed by atoms with Crippen LogP contribution < -0.4 is 0 Å². The molecule has 1 aliphatic heterocycles. The molecule has 24 heavy (non-hydrogen) atoms. The quantitative estimate of drug-likeness (QED) is 0.616. The third kappa shape index (κ3) is 5.60. The number of nitrogens with zero attached hydrogens (tertiary/aromatic N) is 1. The maximum Gasteiger partial charge on any atom is 0.0639 e. The van der Waals surface area contributed by atoms with Gasteiger partial charge in [0, 0.05) is 19.6 Å². The highest BCUT2D eigenvalue weighted by molar-refractivity contribution is 5.39. The predicted octanol–water partition coefficient (Wildman–Crippen LogP) is 4.88. The highest BCUT2D eigenvalue weighted by atomic mass is 16.3.